The van der Waals surface area contributed by atoms with E-state index in [0.29, 0.717) is 12.2 Å². The first-order valence-corrected chi connectivity index (χ1v) is 8.54. The van der Waals surface area contributed by atoms with Crippen molar-refractivity contribution in [1.82, 2.24) is 0 Å². The molecule has 0 aliphatic heterocycles. The van der Waals surface area contributed by atoms with Crippen molar-refractivity contribution in [3.05, 3.63) is 45.8 Å². The quantitative estimate of drug-likeness (QED) is 0.611. The molecule has 0 unspecified atom stereocenters. The second-order valence-electron chi connectivity index (χ2n) is 5.29. The molecule has 23 heavy (non-hydrogen) atoms. The van der Waals surface area contributed by atoms with Crippen LogP contribution in [0.5, 0.6) is 5.75 Å². The van der Waals surface area contributed by atoms with Crippen molar-refractivity contribution in [2.45, 2.75) is 26.2 Å². The van der Waals surface area contributed by atoms with E-state index in [1.165, 1.54) is 4.88 Å². The maximum atomic E-state index is 12.3. The average Bonchev–Trinajstić information content (AvgIpc) is 3.14. The zero-order chi connectivity index (χ0) is 16.2. The smallest absolute Gasteiger partial charge is 0.341 e. The second kappa shape index (κ2) is 6.96. The molecule has 5 heteroatoms. The molecule has 4 nitrogen and oxygen atoms in total. The van der Waals surface area contributed by atoms with Gasteiger partial charge in [-0.2, -0.15) is 0 Å². The lowest BCUT2D eigenvalue weighted by atomic mass is 10.1. The fourth-order valence-electron chi connectivity index (χ4n) is 2.72. The Hall–Kier alpha value is -2.14. The molecule has 0 saturated heterocycles. The first-order valence-electron chi connectivity index (χ1n) is 7.72. The van der Waals surface area contributed by atoms with Crippen LogP contribution >= 0.6 is 11.3 Å². The van der Waals surface area contributed by atoms with Crippen molar-refractivity contribution in [2.24, 2.45) is 4.99 Å². The summed E-state index contributed by atoms with van der Waals surface area (Å²) in [6.45, 7) is 2.20. The SMILES string of the molecule is CCOC(=O)c1c(N=Cc2ccc(OC)cc2)sc2c1CCC2. The predicted octanol–water partition coefficient (Wildman–Crippen LogP) is 4.17. The Morgan fingerprint density at radius 1 is 1.30 bits per heavy atom. The highest BCUT2D eigenvalue weighted by Crippen LogP contribution is 2.41. The number of thiophene rings is 1. The van der Waals surface area contributed by atoms with Crippen LogP contribution in [-0.4, -0.2) is 25.9 Å². The van der Waals surface area contributed by atoms with Crippen molar-refractivity contribution in [2.75, 3.05) is 13.7 Å². The molecule has 1 heterocycles. The molecular formula is C18H19NO3S. The third kappa shape index (κ3) is 3.29. The Balaban J connectivity index is 1.89. The third-order valence-electron chi connectivity index (χ3n) is 3.83. The third-order valence-corrected chi connectivity index (χ3v) is 5.03. The van der Waals surface area contributed by atoms with E-state index in [1.54, 1.807) is 24.7 Å². The highest BCUT2D eigenvalue weighted by atomic mass is 32.1. The van der Waals surface area contributed by atoms with Crippen LogP contribution < -0.4 is 4.74 Å². The van der Waals surface area contributed by atoms with Crippen molar-refractivity contribution < 1.29 is 14.3 Å². The van der Waals surface area contributed by atoms with Crippen LogP contribution in [0, 0.1) is 0 Å². The monoisotopic (exact) mass is 329 g/mol. The minimum atomic E-state index is -0.256. The molecule has 2 aromatic rings. The lowest BCUT2D eigenvalue weighted by Gasteiger charge is -2.03. The van der Waals surface area contributed by atoms with E-state index >= 15 is 0 Å². The molecule has 0 radical (unpaired) electrons. The molecule has 0 N–H and O–H groups in total. The largest absolute Gasteiger partial charge is 0.497 e. The van der Waals surface area contributed by atoms with Gasteiger partial charge >= 0.3 is 5.97 Å². The Morgan fingerprint density at radius 2 is 2.09 bits per heavy atom. The summed E-state index contributed by atoms with van der Waals surface area (Å²) in [5, 5.41) is 0.754. The summed E-state index contributed by atoms with van der Waals surface area (Å²) in [5.41, 5.74) is 2.76. The van der Waals surface area contributed by atoms with Crippen LogP contribution in [0.15, 0.2) is 29.3 Å². The number of rotatable bonds is 5. The number of benzene rings is 1. The first-order chi connectivity index (χ1) is 11.2. The zero-order valence-corrected chi connectivity index (χ0v) is 14.1. The summed E-state index contributed by atoms with van der Waals surface area (Å²) >= 11 is 1.61. The van der Waals surface area contributed by atoms with E-state index < -0.39 is 0 Å². The van der Waals surface area contributed by atoms with E-state index in [1.807, 2.05) is 31.2 Å². The molecule has 0 fully saturated rings. The molecule has 0 saturated carbocycles. The number of hydrogen-bond donors (Lipinski definition) is 0. The van der Waals surface area contributed by atoms with Crippen LogP contribution in [0.25, 0.3) is 0 Å². The number of ether oxygens (including phenoxy) is 2. The molecule has 1 aromatic heterocycles. The molecule has 3 rings (SSSR count). The highest BCUT2D eigenvalue weighted by Gasteiger charge is 2.27. The van der Waals surface area contributed by atoms with Gasteiger partial charge in [0, 0.05) is 11.1 Å². The maximum Gasteiger partial charge on any atom is 0.341 e. The zero-order valence-electron chi connectivity index (χ0n) is 13.3. The van der Waals surface area contributed by atoms with E-state index in [0.717, 1.165) is 41.1 Å². The van der Waals surface area contributed by atoms with Gasteiger partial charge in [-0.05, 0) is 61.6 Å². The maximum absolute atomic E-state index is 12.3. The summed E-state index contributed by atoms with van der Waals surface area (Å²) in [7, 11) is 1.64. The molecule has 0 atom stereocenters. The van der Waals surface area contributed by atoms with Gasteiger partial charge < -0.3 is 9.47 Å². The van der Waals surface area contributed by atoms with Crippen LogP contribution in [0.2, 0.25) is 0 Å². The van der Waals surface area contributed by atoms with Gasteiger partial charge in [0.25, 0.3) is 0 Å². The molecule has 1 aliphatic carbocycles. The summed E-state index contributed by atoms with van der Waals surface area (Å²) < 4.78 is 10.4. The van der Waals surface area contributed by atoms with E-state index in [-0.39, 0.29) is 5.97 Å². The number of aliphatic imine (C=N–C) groups is 1. The number of aryl methyl sites for hydroxylation is 1. The number of carbonyl (C=O) groups excluding carboxylic acids is 1. The lowest BCUT2D eigenvalue weighted by molar-refractivity contribution is 0.0527. The van der Waals surface area contributed by atoms with Crippen LogP contribution in [0.3, 0.4) is 0 Å². The fourth-order valence-corrected chi connectivity index (χ4v) is 3.94. The minimum absolute atomic E-state index is 0.256. The molecule has 1 aromatic carbocycles. The number of nitrogens with zero attached hydrogens (tertiary/aromatic N) is 1. The van der Waals surface area contributed by atoms with Crippen LogP contribution in [0.1, 0.15) is 39.7 Å². The number of methoxy groups -OCH3 is 1. The number of esters is 1. The topological polar surface area (TPSA) is 47.9 Å². The van der Waals surface area contributed by atoms with E-state index in [4.69, 9.17) is 9.47 Å². The van der Waals surface area contributed by atoms with Crippen LogP contribution in [0.4, 0.5) is 5.00 Å². The van der Waals surface area contributed by atoms with Gasteiger partial charge in [-0.25, -0.2) is 9.79 Å². The second-order valence-corrected chi connectivity index (χ2v) is 6.37. The number of fused-ring (bicyclic) bond motifs is 1. The molecule has 0 bridgehead atoms. The molecule has 1 aliphatic rings. The Bertz CT molecular complexity index is 731. The number of hydrogen-bond acceptors (Lipinski definition) is 5. The van der Waals surface area contributed by atoms with Crippen molar-refractivity contribution in [3.8, 4) is 5.75 Å². The Morgan fingerprint density at radius 3 is 2.78 bits per heavy atom. The summed E-state index contributed by atoms with van der Waals surface area (Å²) in [4.78, 5) is 18.1. The van der Waals surface area contributed by atoms with Gasteiger partial charge in [-0.3, -0.25) is 0 Å². The minimum Gasteiger partial charge on any atom is -0.497 e. The summed E-state index contributed by atoms with van der Waals surface area (Å²) in [6, 6.07) is 7.66. The standard InChI is InChI=1S/C18H19NO3S/c1-3-22-18(20)16-14-5-4-6-15(14)23-17(16)19-11-12-7-9-13(21-2)10-8-12/h7-11H,3-6H2,1-2H3. The van der Waals surface area contributed by atoms with Crippen molar-refractivity contribution in [1.29, 1.82) is 0 Å². The molecule has 0 spiro atoms. The van der Waals surface area contributed by atoms with E-state index in [2.05, 4.69) is 4.99 Å². The average molecular weight is 329 g/mol. The van der Waals surface area contributed by atoms with Gasteiger partial charge in [0.05, 0.1) is 19.3 Å². The summed E-state index contributed by atoms with van der Waals surface area (Å²) in [6.07, 6.45) is 4.86. The van der Waals surface area contributed by atoms with Gasteiger partial charge in [0.15, 0.2) is 0 Å². The number of carbonyl (C=O) groups is 1. The normalized spacial score (nSPS) is 13.3. The highest BCUT2D eigenvalue weighted by molar-refractivity contribution is 7.16. The molecule has 120 valence electrons. The van der Waals surface area contributed by atoms with Gasteiger partial charge in [0.2, 0.25) is 0 Å². The lowest BCUT2D eigenvalue weighted by Crippen LogP contribution is -2.06. The summed E-state index contributed by atoms with van der Waals surface area (Å²) in [5.74, 6) is 0.554. The fraction of sp³-hybridized carbons (Fsp3) is 0.333. The Kier molecular flexibility index (Phi) is 4.76. The van der Waals surface area contributed by atoms with Gasteiger partial charge in [0.1, 0.15) is 10.8 Å². The Labute approximate surface area is 139 Å². The molecule has 0 amide bonds. The van der Waals surface area contributed by atoms with Crippen LogP contribution in [-0.2, 0) is 17.6 Å². The van der Waals surface area contributed by atoms with Crippen molar-refractivity contribution >= 4 is 28.5 Å². The van der Waals surface area contributed by atoms with Crippen molar-refractivity contribution in [3.63, 3.8) is 0 Å². The van der Waals surface area contributed by atoms with Gasteiger partial charge in [-0.1, -0.05) is 0 Å². The van der Waals surface area contributed by atoms with E-state index in [9.17, 15) is 4.79 Å². The first kappa shape index (κ1) is 15.7. The van der Waals surface area contributed by atoms with Gasteiger partial charge in [-0.15, -0.1) is 11.3 Å². The predicted molar refractivity (Wildman–Crippen MR) is 92.5 cm³/mol. The molecular weight excluding hydrogens is 310 g/mol.